The summed E-state index contributed by atoms with van der Waals surface area (Å²) in [6.45, 7) is 11.6. The van der Waals surface area contributed by atoms with Gasteiger partial charge < -0.3 is 5.11 Å². The van der Waals surface area contributed by atoms with Crippen LogP contribution in [0.2, 0.25) is 0 Å². The number of rotatable bonds is 4. The fraction of sp³-hybridized carbons (Fsp3) is 0.348. The summed E-state index contributed by atoms with van der Waals surface area (Å²) in [5.74, 6) is 0.147. The van der Waals surface area contributed by atoms with Gasteiger partial charge in [0.25, 0.3) is 5.69 Å². The van der Waals surface area contributed by atoms with Gasteiger partial charge >= 0.3 is 0 Å². The van der Waals surface area contributed by atoms with Crippen molar-refractivity contribution in [2.45, 2.75) is 57.3 Å². The van der Waals surface area contributed by atoms with E-state index in [1.165, 1.54) is 6.08 Å². The minimum atomic E-state index is -4.18. The lowest BCUT2D eigenvalue weighted by molar-refractivity contribution is -0.384. The zero-order chi connectivity index (χ0) is 23.8. The van der Waals surface area contributed by atoms with Crippen LogP contribution in [0.25, 0.3) is 6.08 Å². The fourth-order valence-corrected chi connectivity index (χ4v) is 4.24. The van der Waals surface area contributed by atoms with E-state index < -0.39 is 30.5 Å². The summed E-state index contributed by atoms with van der Waals surface area (Å²) in [5.41, 5.74) is 0.655. The van der Waals surface area contributed by atoms with Gasteiger partial charge in [-0.05, 0) is 46.7 Å². The Balaban J connectivity index is 2.70. The molecule has 31 heavy (non-hydrogen) atoms. The Labute approximate surface area is 182 Å². The Morgan fingerprint density at radius 2 is 1.48 bits per heavy atom. The number of hydrogen-bond acceptors (Lipinski definition) is 6. The zero-order valence-corrected chi connectivity index (χ0v) is 19.2. The number of allylic oxidation sites excluding steroid dienone is 1. The maximum Gasteiger partial charge on any atom is 0.269 e. The normalized spacial score (nSPS) is 13.0. The summed E-state index contributed by atoms with van der Waals surface area (Å²) in [4.78, 5) is 9.48. The number of phenolic OH excluding ortho intramolecular Hbond substituents is 1. The summed E-state index contributed by atoms with van der Waals surface area (Å²) >= 11 is 0. The Bertz CT molecular complexity index is 1160. The van der Waals surface area contributed by atoms with E-state index in [0.717, 1.165) is 24.3 Å². The van der Waals surface area contributed by atoms with E-state index in [0.29, 0.717) is 16.7 Å². The molecule has 0 unspecified atom stereocenters. The highest BCUT2D eigenvalue weighted by Crippen LogP contribution is 2.40. The predicted octanol–water partition coefficient (Wildman–Crippen LogP) is 5.23. The standard InChI is InChI=1S/C23H26N2O5S/c1-22(2,3)19-12-15(13-20(21(19)26)23(4,5)6)11-18(14-24)31(29,30)17-9-7-16(8-10-17)25(27)28/h7-13,26H,1-6H3. The summed E-state index contributed by atoms with van der Waals surface area (Å²) in [7, 11) is -4.18. The summed E-state index contributed by atoms with van der Waals surface area (Å²) in [6, 6.07) is 9.46. The molecule has 0 amide bonds. The van der Waals surface area contributed by atoms with E-state index >= 15 is 0 Å². The monoisotopic (exact) mass is 442 g/mol. The van der Waals surface area contributed by atoms with Crippen LogP contribution in [0.1, 0.15) is 58.2 Å². The number of nitrogens with zero attached hydrogens (tertiary/aromatic N) is 2. The fourth-order valence-electron chi connectivity index (χ4n) is 3.08. The van der Waals surface area contributed by atoms with Crippen molar-refractivity contribution >= 4 is 21.6 Å². The van der Waals surface area contributed by atoms with Crippen LogP contribution in [-0.4, -0.2) is 18.4 Å². The molecule has 2 rings (SSSR count). The molecule has 0 heterocycles. The van der Waals surface area contributed by atoms with E-state index in [9.17, 15) is 28.9 Å². The van der Waals surface area contributed by atoms with Crippen LogP contribution in [-0.2, 0) is 20.7 Å². The first kappa shape index (κ1) is 24.1. The third kappa shape index (κ3) is 5.12. The molecular weight excluding hydrogens is 416 g/mol. The lowest BCUT2D eigenvalue weighted by atomic mass is 9.78. The van der Waals surface area contributed by atoms with Crippen LogP contribution >= 0.6 is 0 Å². The molecule has 0 aliphatic rings. The number of phenols is 1. The molecule has 0 aromatic heterocycles. The quantitative estimate of drug-likeness (QED) is 0.393. The summed E-state index contributed by atoms with van der Waals surface area (Å²) in [5, 5.41) is 31.2. The molecule has 0 bridgehead atoms. The van der Waals surface area contributed by atoms with E-state index in [-0.39, 0.29) is 16.3 Å². The molecule has 0 aliphatic heterocycles. The highest BCUT2D eigenvalue weighted by molar-refractivity contribution is 7.95. The number of aromatic hydroxyl groups is 1. The maximum absolute atomic E-state index is 13.0. The Morgan fingerprint density at radius 3 is 1.84 bits per heavy atom. The minimum absolute atomic E-state index is 0.147. The second-order valence-corrected chi connectivity index (χ2v) is 11.3. The number of benzene rings is 2. The van der Waals surface area contributed by atoms with Crippen LogP contribution in [0.3, 0.4) is 0 Å². The van der Waals surface area contributed by atoms with Crippen molar-refractivity contribution in [3.8, 4) is 11.8 Å². The number of nitriles is 1. The summed E-state index contributed by atoms with van der Waals surface area (Å²) < 4.78 is 25.9. The molecule has 0 radical (unpaired) electrons. The first-order valence-electron chi connectivity index (χ1n) is 9.58. The maximum atomic E-state index is 13.0. The van der Waals surface area contributed by atoms with Crippen LogP contribution in [0.15, 0.2) is 46.2 Å². The molecule has 0 atom stereocenters. The number of hydrogen-bond donors (Lipinski definition) is 1. The largest absolute Gasteiger partial charge is 0.507 e. The Hall–Kier alpha value is -3.18. The topological polar surface area (TPSA) is 121 Å². The predicted molar refractivity (Wildman–Crippen MR) is 119 cm³/mol. The zero-order valence-electron chi connectivity index (χ0n) is 18.4. The molecule has 8 heteroatoms. The van der Waals surface area contributed by atoms with Crippen molar-refractivity contribution in [1.29, 1.82) is 5.26 Å². The van der Waals surface area contributed by atoms with E-state index in [2.05, 4.69) is 0 Å². The summed E-state index contributed by atoms with van der Waals surface area (Å²) in [6.07, 6.45) is 1.26. The highest BCUT2D eigenvalue weighted by atomic mass is 32.2. The van der Waals surface area contributed by atoms with E-state index in [1.54, 1.807) is 18.2 Å². The smallest absolute Gasteiger partial charge is 0.269 e. The number of sulfone groups is 1. The second-order valence-electron chi connectivity index (χ2n) is 9.34. The van der Waals surface area contributed by atoms with Gasteiger partial charge in [-0.3, -0.25) is 10.1 Å². The molecular formula is C23H26N2O5S. The number of nitro groups is 1. The molecule has 1 N–H and O–H groups in total. The van der Waals surface area contributed by atoms with Crippen molar-refractivity contribution in [1.82, 2.24) is 0 Å². The molecule has 2 aromatic rings. The molecule has 0 saturated carbocycles. The van der Waals surface area contributed by atoms with Crippen LogP contribution in [0, 0.1) is 21.4 Å². The molecule has 0 aliphatic carbocycles. The van der Waals surface area contributed by atoms with E-state index in [1.807, 2.05) is 41.5 Å². The van der Waals surface area contributed by atoms with Gasteiger partial charge in [-0.15, -0.1) is 0 Å². The Kier molecular flexibility index (Phi) is 6.34. The van der Waals surface area contributed by atoms with Gasteiger partial charge in [0.2, 0.25) is 9.84 Å². The van der Waals surface area contributed by atoms with E-state index in [4.69, 9.17) is 0 Å². The van der Waals surface area contributed by atoms with Gasteiger partial charge in [-0.2, -0.15) is 5.26 Å². The SMILES string of the molecule is CC(C)(C)c1cc(C=C(C#N)S(=O)(=O)c2ccc([N+](=O)[O-])cc2)cc(C(C)(C)C)c1O. The molecule has 0 saturated heterocycles. The molecule has 0 spiro atoms. The van der Waals surface area contributed by atoms with Gasteiger partial charge in [0, 0.05) is 23.3 Å². The third-order valence-corrected chi connectivity index (χ3v) is 6.48. The molecule has 164 valence electrons. The molecule has 2 aromatic carbocycles. The van der Waals surface area contributed by atoms with Crippen LogP contribution in [0.5, 0.6) is 5.75 Å². The second kappa shape index (κ2) is 8.16. The molecule has 0 fully saturated rings. The third-order valence-electron chi connectivity index (χ3n) is 4.80. The molecule has 7 nitrogen and oxygen atoms in total. The number of nitro benzene ring substituents is 1. The average Bonchev–Trinajstić information content (AvgIpc) is 2.65. The van der Waals surface area contributed by atoms with Gasteiger partial charge in [0.05, 0.1) is 9.82 Å². The van der Waals surface area contributed by atoms with Gasteiger partial charge in [0.1, 0.15) is 16.7 Å². The van der Waals surface area contributed by atoms with Crippen molar-refractivity contribution in [3.05, 3.63) is 68.1 Å². The van der Waals surface area contributed by atoms with Crippen molar-refractivity contribution in [2.75, 3.05) is 0 Å². The van der Waals surface area contributed by atoms with Crippen molar-refractivity contribution in [2.24, 2.45) is 0 Å². The van der Waals surface area contributed by atoms with Crippen molar-refractivity contribution in [3.63, 3.8) is 0 Å². The lowest BCUT2D eigenvalue weighted by Crippen LogP contribution is -2.17. The van der Waals surface area contributed by atoms with Gasteiger partial charge in [0.15, 0.2) is 0 Å². The minimum Gasteiger partial charge on any atom is -0.507 e. The van der Waals surface area contributed by atoms with Crippen LogP contribution in [0.4, 0.5) is 5.69 Å². The number of non-ortho nitro benzene ring substituents is 1. The first-order chi connectivity index (χ1) is 14.1. The Morgan fingerprint density at radius 1 is 1.03 bits per heavy atom. The first-order valence-corrected chi connectivity index (χ1v) is 11.1. The van der Waals surface area contributed by atoms with Crippen LogP contribution < -0.4 is 0 Å². The lowest BCUT2D eigenvalue weighted by Gasteiger charge is -2.28. The van der Waals surface area contributed by atoms with Gasteiger partial charge in [-0.25, -0.2) is 8.42 Å². The average molecular weight is 443 g/mol. The van der Waals surface area contributed by atoms with Crippen molar-refractivity contribution < 1.29 is 18.4 Å². The highest BCUT2D eigenvalue weighted by Gasteiger charge is 2.27. The van der Waals surface area contributed by atoms with Gasteiger partial charge in [-0.1, -0.05) is 41.5 Å².